The average Bonchev–Trinajstić information content (AvgIpc) is 3.26. The summed E-state index contributed by atoms with van der Waals surface area (Å²) >= 11 is 1.58. The molecule has 4 rings (SSSR count). The van der Waals surface area contributed by atoms with Gasteiger partial charge < -0.3 is 10.6 Å². The molecule has 3 aromatic rings. The zero-order valence-electron chi connectivity index (χ0n) is 13.7. The number of benzene rings is 1. The number of fused-ring (bicyclic) bond motifs is 1. The van der Waals surface area contributed by atoms with E-state index in [9.17, 15) is 4.79 Å². The van der Waals surface area contributed by atoms with Gasteiger partial charge in [0.15, 0.2) is 0 Å². The molecule has 0 saturated carbocycles. The number of anilines is 2. The fourth-order valence-electron chi connectivity index (χ4n) is 2.95. The van der Waals surface area contributed by atoms with Gasteiger partial charge in [-0.2, -0.15) is 16.0 Å². The lowest BCUT2D eigenvalue weighted by Gasteiger charge is -2.27. The third-order valence-corrected chi connectivity index (χ3v) is 4.91. The van der Waals surface area contributed by atoms with E-state index in [4.69, 9.17) is 0 Å². The van der Waals surface area contributed by atoms with Crippen molar-refractivity contribution >= 4 is 28.9 Å². The lowest BCUT2D eigenvalue weighted by molar-refractivity contribution is -0.113. The number of carbonyl (C=O) groups excluding carboxylic acids is 1. The Morgan fingerprint density at radius 1 is 1.28 bits per heavy atom. The van der Waals surface area contributed by atoms with Crippen LogP contribution in [0.4, 0.5) is 11.6 Å². The van der Waals surface area contributed by atoms with Crippen molar-refractivity contribution < 1.29 is 4.79 Å². The van der Waals surface area contributed by atoms with Crippen molar-refractivity contribution in [2.45, 2.75) is 19.9 Å². The van der Waals surface area contributed by atoms with Gasteiger partial charge in [-0.05, 0) is 58.3 Å². The Bertz CT molecular complexity index is 959. The molecule has 0 bridgehead atoms. The summed E-state index contributed by atoms with van der Waals surface area (Å²) in [5.74, 6) is 0.359. The molecule has 1 aliphatic heterocycles. The van der Waals surface area contributed by atoms with Crippen LogP contribution in [0.1, 0.15) is 24.1 Å². The Morgan fingerprint density at radius 2 is 2.12 bits per heavy atom. The molecule has 25 heavy (non-hydrogen) atoms. The van der Waals surface area contributed by atoms with E-state index >= 15 is 0 Å². The van der Waals surface area contributed by atoms with Crippen molar-refractivity contribution in [3.8, 4) is 0 Å². The number of hydrogen-bond donors (Lipinski definition) is 2. The summed E-state index contributed by atoms with van der Waals surface area (Å²) in [5.41, 5.74) is 4.12. The minimum absolute atomic E-state index is 0.170. The highest BCUT2D eigenvalue weighted by Crippen LogP contribution is 2.35. The lowest BCUT2D eigenvalue weighted by Crippen LogP contribution is -2.31. The van der Waals surface area contributed by atoms with Crippen molar-refractivity contribution in [1.82, 2.24) is 20.2 Å². The highest BCUT2D eigenvalue weighted by atomic mass is 32.1. The first-order chi connectivity index (χ1) is 12.1. The van der Waals surface area contributed by atoms with Gasteiger partial charge in [0.1, 0.15) is 6.04 Å². The minimum atomic E-state index is -0.360. The topological polar surface area (TPSA) is 84.7 Å². The van der Waals surface area contributed by atoms with E-state index in [0.717, 1.165) is 22.5 Å². The van der Waals surface area contributed by atoms with Gasteiger partial charge in [0, 0.05) is 11.4 Å². The Balaban J connectivity index is 1.76. The fourth-order valence-corrected chi connectivity index (χ4v) is 3.63. The Kier molecular flexibility index (Phi) is 3.81. The minimum Gasteiger partial charge on any atom is -0.326 e. The second kappa shape index (κ2) is 6.14. The molecule has 3 heterocycles. The molecule has 7 nitrogen and oxygen atoms in total. The molecule has 0 saturated heterocycles. The van der Waals surface area contributed by atoms with Crippen LogP contribution in [0.2, 0.25) is 0 Å². The van der Waals surface area contributed by atoms with Crippen molar-refractivity contribution in [3.05, 3.63) is 63.5 Å². The summed E-state index contributed by atoms with van der Waals surface area (Å²) in [5, 5.41) is 21.9. The predicted octanol–water partition coefficient (Wildman–Crippen LogP) is 2.97. The van der Waals surface area contributed by atoms with Crippen molar-refractivity contribution in [2.24, 2.45) is 0 Å². The summed E-state index contributed by atoms with van der Waals surface area (Å²) in [7, 11) is 0. The molecule has 1 amide bonds. The number of thiophene rings is 1. The van der Waals surface area contributed by atoms with Crippen LogP contribution in [-0.2, 0) is 4.79 Å². The number of nitrogens with one attached hydrogen (secondary N) is 2. The SMILES string of the molecule is CC1=C(C(=O)Nc2ccccc2C)[C@H](c2ccsc2)n2nnnc2N1. The van der Waals surface area contributed by atoms with E-state index in [1.807, 2.05) is 54.9 Å². The molecule has 2 aromatic heterocycles. The zero-order chi connectivity index (χ0) is 17.4. The van der Waals surface area contributed by atoms with Gasteiger partial charge in [-0.1, -0.05) is 23.3 Å². The molecule has 1 atom stereocenters. The summed E-state index contributed by atoms with van der Waals surface area (Å²) in [6.45, 7) is 3.83. The number of tetrazole rings is 1. The quantitative estimate of drug-likeness (QED) is 0.757. The van der Waals surface area contributed by atoms with Crippen molar-refractivity contribution in [3.63, 3.8) is 0 Å². The van der Waals surface area contributed by atoms with Gasteiger partial charge in [-0.15, -0.1) is 0 Å². The highest BCUT2D eigenvalue weighted by molar-refractivity contribution is 7.08. The molecule has 0 fully saturated rings. The van der Waals surface area contributed by atoms with Crippen LogP contribution in [0, 0.1) is 6.92 Å². The van der Waals surface area contributed by atoms with Gasteiger partial charge in [0.25, 0.3) is 5.91 Å². The van der Waals surface area contributed by atoms with Crippen LogP contribution in [0.5, 0.6) is 0 Å². The van der Waals surface area contributed by atoms with E-state index in [1.54, 1.807) is 16.0 Å². The van der Waals surface area contributed by atoms with Crippen LogP contribution < -0.4 is 10.6 Å². The molecular weight excluding hydrogens is 336 g/mol. The maximum atomic E-state index is 13.1. The number of hydrogen-bond acceptors (Lipinski definition) is 6. The maximum Gasteiger partial charge on any atom is 0.255 e. The van der Waals surface area contributed by atoms with Crippen LogP contribution in [-0.4, -0.2) is 26.1 Å². The summed E-state index contributed by atoms with van der Waals surface area (Å²) < 4.78 is 1.64. The molecule has 0 radical (unpaired) electrons. The second-order valence-corrected chi connectivity index (χ2v) is 6.62. The summed E-state index contributed by atoms with van der Waals surface area (Å²) in [6.07, 6.45) is 0. The first-order valence-corrected chi connectivity index (χ1v) is 8.74. The zero-order valence-corrected chi connectivity index (χ0v) is 14.5. The number of rotatable bonds is 3. The predicted molar refractivity (Wildman–Crippen MR) is 96.4 cm³/mol. The number of aromatic nitrogens is 4. The second-order valence-electron chi connectivity index (χ2n) is 5.84. The van der Waals surface area contributed by atoms with E-state index in [-0.39, 0.29) is 11.9 Å². The van der Waals surface area contributed by atoms with Gasteiger partial charge in [-0.3, -0.25) is 4.79 Å². The van der Waals surface area contributed by atoms with Crippen LogP contribution in [0.3, 0.4) is 0 Å². The van der Waals surface area contributed by atoms with E-state index in [0.29, 0.717) is 11.5 Å². The number of aryl methyl sites for hydroxylation is 1. The van der Waals surface area contributed by atoms with Crippen LogP contribution in [0.25, 0.3) is 0 Å². The van der Waals surface area contributed by atoms with Gasteiger partial charge in [0.2, 0.25) is 5.95 Å². The molecule has 0 spiro atoms. The van der Waals surface area contributed by atoms with E-state index < -0.39 is 0 Å². The largest absolute Gasteiger partial charge is 0.326 e. The lowest BCUT2D eigenvalue weighted by atomic mass is 9.97. The first kappa shape index (κ1) is 15.5. The van der Waals surface area contributed by atoms with E-state index in [1.165, 1.54) is 0 Å². The number of nitrogens with zero attached hydrogens (tertiary/aromatic N) is 4. The normalized spacial score (nSPS) is 16.3. The van der Waals surface area contributed by atoms with Crippen molar-refractivity contribution in [2.75, 3.05) is 10.6 Å². The molecule has 126 valence electrons. The van der Waals surface area contributed by atoms with Crippen LogP contribution >= 0.6 is 11.3 Å². The number of carbonyl (C=O) groups is 1. The first-order valence-electron chi connectivity index (χ1n) is 7.80. The molecule has 0 unspecified atom stereocenters. The molecule has 1 aromatic carbocycles. The molecule has 8 heteroatoms. The summed E-state index contributed by atoms with van der Waals surface area (Å²) in [6, 6.07) is 9.33. The number of allylic oxidation sites excluding steroid dienone is 1. The Morgan fingerprint density at radius 3 is 2.88 bits per heavy atom. The maximum absolute atomic E-state index is 13.1. The van der Waals surface area contributed by atoms with Gasteiger partial charge in [-0.25, -0.2) is 0 Å². The fraction of sp³-hybridized carbons (Fsp3) is 0.176. The van der Waals surface area contributed by atoms with Gasteiger partial charge in [0.05, 0.1) is 5.57 Å². The highest BCUT2D eigenvalue weighted by Gasteiger charge is 2.34. The van der Waals surface area contributed by atoms with Gasteiger partial charge >= 0.3 is 0 Å². The standard InChI is InChI=1S/C17H16N6OS/c1-10-5-3-4-6-13(10)19-16(24)14-11(2)18-17-20-21-22-23(17)15(14)12-7-8-25-9-12/h3-9,15H,1-2H3,(H,19,24)(H,18,20,22)/t15-/m0/s1. The molecule has 0 aliphatic carbocycles. The Labute approximate surface area is 148 Å². The Hall–Kier alpha value is -3.00. The molecule has 1 aliphatic rings. The smallest absolute Gasteiger partial charge is 0.255 e. The number of amides is 1. The third-order valence-electron chi connectivity index (χ3n) is 4.21. The average molecular weight is 352 g/mol. The monoisotopic (exact) mass is 352 g/mol. The summed E-state index contributed by atoms with van der Waals surface area (Å²) in [4.78, 5) is 13.1. The molecular formula is C17H16N6OS. The molecule has 2 N–H and O–H groups in total. The third kappa shape index (κ3) is 2.70. The van der Waals surface area contributed by atoms with Crippen molar-refractivity contribution in [1.29, 1.82) is 0 Å². The number of para-hydroxylation sites is 1. The van der Waals surface area contributed by atoms with E-state index in [2.05, 4.69) is 26.2 Å². The van der Waals surface area contributed by atoms with Crippen LogP contribution in [0.15, 0.2) is 52.4 Å².